The summed E-state index contributed by atoms with van der Waals surface area (Å²) in [5.74, 6) is 2.22. The van der Waals surface area contributed by atoms with Crippen molar-refractivity contribution in [2.45, 2.75) is 64.7 Å². The number of aryl methyl sites for hydroxylation is 1. The average Bonchev–Trinajstić information content (AvgIpc) is 2.91. The highest BCUT2D eigenvalue weighted by molar-refractivity contribution is 6.27. The van der Waals surface area contributed by atoms with Crippen molar-refractivity contribution in [1.29, 1.82) is 0 Å². The maximum absolute atomic E-state index is 13.8. The highest BCUT2D eigenvalue weighted by atomic mass is 16.1. The number of rotatable bonds is 6. The zero-order chi connectivity index (χ0) is 24.6. The first-order valence-corrected chi connectivity index (χ1v) is 13.4. The van der Waals surface area contributed by atoms with Crippen LogP contribution in [0.2, 0.25) is 0 Å². The molecule has 6 rings (SSSR count). The van der Waals surface area contributed by atoms with Gasteiger partial charge in [-0.25, -0.2) is 9.97 Å². The zero-order valence-corrected chi connectivity index (χ0v) is 21.2. The molecule has 1 N–H and O–H groups in total. The second-order valence-electron chi connectivity index (χ2n) is 10.5. The van der Waals surface area contributed by atoms with Gasteiger partial charge in [-0.3, -0.25) is 4.79 Å². The van der Waals surface area contributed by atoms with E-state index in [-0.39, 0.29) is 5.78 Å². The Morgan fingerprint density at radius 3 is 2.50 bits per heavy atom. The van der Waals surface area contributed by atoms with Crippen LogP contribution in [0.5, 0.6) is 0 Å². The molecule has 182 valence electrons. The Morgan fingerprint density at radius 2 is 1.72 bits per heavy atom. The molecule has 0 saturated heterocycles. The number of hydrogen-bond acceptors (Lipinski definition) is 4. The number of fused-ring (bicyclic) bond motifs is 2. The smallest absolute Gasteiger partial charge is 0.196 e. The minimum Gasteiger partial charge on any atom is -0.355 e. The van der Waals surface area contributed by atoms with Crippen LogP contribution >= 0.6 is 0 Å². The molecule has 4 nitrogen and oxygen atoms in total. The molecule has 4 aromatic rings. The van der Waals surface area contributed by atoms with Gasteiger partial charge in [0.2, 0.25) is 0 Å². The number of unbranched alkanes of at least 4 members (excludes halogenated alkanes) is 1. The number of anilines is 2. The fourth-order valence-corrected chi connectivity index (χ4v) is 6.06. The molecule has 36 heavy (non-hydrogen) atoms. The van der Waals surface area contributed by atoms with Gasteiger partial charge in [-0.2, -0.15) is 0 Å². The van der Waals surface area contributed by atoms with Gasteiger partial charge in [0.15, 0.2) is 5.78 Å². The van der Waals surface area contributed by atoms with E-state index in [0.29, 0.717) is 11.5 Å². The molecule has 0 unspecified atom stereocenters. The SMILES string of the molecule is CCCCC1CCC(c2nc3c4c(c(Nc5cccc(C)c5)ccc4n2)C(=O)c2ccccc2-3)CC1. The van der Waals surface area contributed by atoms with E-state index in [4.69, 9.17) is 9.97 Å². The third-order valence-electron chi connectivity index (χ3n) is 8.01. The first-order chi connectivity index (χ1) is 17.6. The van der Waals surface area contributed by atoms with Gasteiger partial charge in [0.05, 0.1) is 22.5 Å². The number of ketones is 1. The molecule has 0 atom stereocenters. The molecular formula is C32H33N3O. The lowest BCUT2D eigenvalue weighted by Crippen LogP contribution is -2.18. The number of nitrogens with one attached hydrogen (secondary N) is 1. The molecule has 1 heterocycles. The van der Waals surface area contributed by atoms with E-state index in [2.05, 4.69) is 37.4 Å². The molecule has 0 amide bonds. The lowest BCUT2D eigenvalue weighted by atomic mass is 9.79. The van der Waals surface area contributed by atoms with Gasteiger partial charge in [-0.05, 0) is 68.4 Å². The van der Waals surface area contributed by atoms with E-state index in [0.717, 1.165) is 63.7 Å². The number of aromatic nitrogens is 2. The molecule has 4 heteroatoms. The van der Waals surface area contributed by atoms with E-state index in [1.54, 1.807) is 0 Å². The normalized spacial score (nSPS) is 18.8. The first kappa shape index (κ1) is 22.9. The summed E-state index contributed by atoms with van der Waals surface area (Å²) in [4.78, 5) is 24.0. The summed E-state index contributed by atoms with van der Waals surface area (Å²) in [7, 11) is 0. The van der Waals surface area contributed by atoms with E-state index < -0.39 is 0 Å². The van der Waals surface area contributed by atoms with Crippen LogP contribution in [-0.2, 0) is 0 Å². The molecule has 1 saturated carbocycles. The Hall–Kier alpha value is -3.53. The zero-order valence-electron chi connectivity index (χ0n) is 21.2. The number of benzene rings is 3. The van der Waals surface area contributed by atoms with Crippen molar-refractivity contribution >= 4 is 28.1 Å². The Bertz CT molecular complexity index is 1450. The van der Waals surface area contributed by atoms with Crippen LogP contribution in [0.4, 0.5) is 11.4 Å². The van der Waals surface area contributed by atoms with Crippen LogP contribution in [0.1, 0.15) is 85.1 Å². The fourth-order valence-electron chi connectivity index (χ4n) is 6.06. The number of hydrogen-bond donors (Lipinski definition) is 1. The van der Waals surface area contributed by atoms with Crippen LogP contribution in [0, 0.1) is 12.8 Å². The van der Waals surface area contributed by atoms with E-state index in [1.807, 2.05) is 42.5 Å². The highest BCUT2D eigenvalue weighted by Crippen LogP contribution is 2.43. The average molecular weight is 476 g/mol. The Morgan fingerprint density at radius 1 is 0.917 bits per heavy atom. The summed E-state index contributed by atoms with van der Waals surface area (Å²) in [6.07, 6.45) is 8.79. The van der Waals surface area contributed by atoms with Crippen LogP contribution in [0.15, 0.2) is 60.7 Å². The third-order valence-corrected chi connectivity index (χ3v) is 8.01. The molecule has 1 fully saturated rings. The second kappa shape index (κ2) is 9.50. The molecule has 0 radical (unpaired) electrons. The number of carbonyl (C=O) groups is 1. The predicted molar refractivity (Wildman–Crippen MR) is 147 cm³/mol. The summed E-state index contributed by atoms with van der Waals surface area (Å²) >= 11 is 0. The van der Waals surface area contributed by atoms with Crippen molar-refractivity contribution in [3.05, 3.63) is 83.2 Å². The summed E-state index contributed by atoms with van der Waals surface area (Å²) in [6, 6.07) is 20.2. The van der Waals surface area contributed by atoms with Gasteiger partial charge in [0.1, 0.15) is 5.82 Å². The van der Waals surface area contributed by atoms with E-state index in [1.165, 1.54) is 37.7 Å². The Kier molecular flexibility index (Phi) is 6.04. The fraction of sp³-hybridized carbons (Fsp3) is 0.344. The predicted octanol–water partition coefficient (Wildman–Crippen LogP) is 8.36. The maximum Gasteiger partial charge on any atom is 0.196 e. The molecule has 0 spiro atoms. The van der Waals surface area contributed by atoms with Crippen LogP contribution in [-0.4, -0.2) is 15.8 Å². The highest BCUT2D eigenvalue weighted by Gasteiger charge is 2.31. The number of nitrogens with zero attached hydrogens (tertiary/aromatic N) is 2. The third kappa shape index (κ3) is 4.09. The largest absolute Gasteiger partial charge is 0.355 e. The quantitative estimate of drug-likeness (QED) is 0.268. The minimum absolute atomic E-state index is 0.0339. The summed E-state index contributed by atoms with van der Waals surface area (Å²) in [5, 5.41) is 4.37. The van der Waals surface area contributed by atoms with Gasteiger partial charge in [-0.1, -0.05) is 62.6 Å². The van der Waals surface area contributed by atoms with Crippen molar-refractivity contribution in [3.63, 3.8) is 0 Å². The summed E-state index contributed by atoms with van der Waals surface area (Å²) in [6.45, 7) is 4.35. The van der Waals surface area contributed by atoms with Gasteiger partial charge in [0, 0.05) is 28.1 Å². The number of carbonyl (C=O) groups excluding carboxylic acids is 1. The van der Waals surface area contributed by atoms with Gasteiger partial charge < -0.3 is 5.32 Å². The van der Waals surface area contributed by atoms with E-state index in [9.17, 15) is 4.79 Å². The maximum atomic E-state index is 13.8. The molecular weight excluding hydrogens is 442 g/mol. The van der Waals surface area contributed by atoms with Gasteiger partial charge in [-0.15, -0.1) is 0 Å². The summed E-state index contributed by atoms with van der Waals surface area (Å²) in [5.41, 5.74) is 7.04. The van der Waals surface area contributed by atoms with Crippen molar-refractivity contribution in [3.8, 4) is 11.3 Å². The minimum atomic E-state index is 0.0339. The topological polar surface area (TPSA) is 54.9 Å². The van der Waals surface area contributed by atoms with E-state index >= 15 is 0 Å². The lowest BCUT2D eigenvalue weighted by molar-refractivity contribution is 0.104. The van der Waals surface area contributed by atoms with Crippen molar-refractivity contribution in [2.75, 3.05) is 5.32 Å². The molecule has 0 aliphatic heterocycles. The lowest BCUT2D eigenvalue weighted by Gasteiger charge is -2.29. The standard InChI is InChI=1S/C32H33N3O/c1-3-4-9-21-13-15-22(16-14-21)32-34-26-17-18-27(33-23-10-7-8-20(2)19-23)29-28(26)30(35-32)24-11-5-6-12-25(24)31(29)36/h5-8,10-12,17-19,21-22,33H,3-4,9,13-16H2,1-2H3. The van der Waals surface area contributed by atoms with Crippen LogP contribution < -0.4 is 5.32 Å². The van der Waals surface area contributed by atoms with Gasteiger partial charge in [0.25, 0.3) is 0 Å². The van der Waals surface area contributed by atoms with Gasteiger partial charge >= 0.3 is 0 Å². The molecule has 2 aliphatic rings. The first-order valence-electron chi connectivity index (χ1n) is 13.4. The Balaban J connectivity index is 1.44. The van der Waals surface area contributed by atoms with Crippen LogP contribution in [0.3, 0.4) is 0 Å². The van der Waals surface area contributed by atoms with Crippen LogP contribution in [0.25, 0.3) is 22.2 Å². The van der Waals surface area contributed by atoms with Crippen molar-refractivity contribution in [2.24, 2.45) is 5.92 Å². The molecule has 0 bridgehead atoms. The second-order valence-corrected chi connectivity index (χ2v) is 10.5. The van der Waals surface area contributed by atoms with Crippen molar-refractivity contribution in [1.82, 2.24) is 9.97 Å². The molecule has 1 aromatic heterocycles. The van der Waals surface area contributed by atoms with Crippen molar-refractivity contribution < 1.29 is 4.79 Å². The Labute approximate surface area is 213 Å². The monoisotopic (exact) mass is 475 g/mol. The molecule has 3 aromatic carbocycles. The summed E-state index contributed by atoms with van der Waals surface area (Å²) < 4.78 is 0. The molecule has 2 aliphatic carbocycles.